The zero-order valence-corrected chi connectivity index (χ0v) is 19.0. The standard InChI is InChI=1S/C27H25FN2O3/c1-16(2)33-23-11-6-5-10-22(23)30-26(31)24(21-13-12-17(3)14-18(21)4)25(27(30)32)29-20-9-7-8-19(28)15-20/h5-16,29H,1-4H3. The number of imide groups is 1. The van der Waals surface area contributed by atoms with Crippen molar-refractivity contribution in [3.63, 3.8) is 0 Å². The zero-order valence-electron chi connectivity index (χ0n) is 19.0. The number of carbonyl (C=O) groups is 2. The first-order valence-corrected chi connectivity index (χ1v) is 10.7. The lowest BCUT2D eigenvalue weighted by atomic mass is 9.97. The van der Waals surface area contributed by atoms with E-state index >= 15 is 0 Å². The summed E-state index contributed by atoms with van der Waals surface area (Å²) in [5, 5.41) is 3.00. The van der Waals surface area contributed by atoms with Crippen molar-refractivity contribution in [2.24, 2.45) is 0 Å². The molecule has 0 aliphatic carbocycles. The number of amides is 2. The van der Waals surface area contributed by atoms with E-state index in [1.54, 1.807) is 36.4 Å². The van der Waals surface area contributed by atoms with Crippen LogP contribution in [0.3, 0.4) is 0 Å². The first-order chi connectivity index (χ1) is 15.8. The summed E-state index contributed by atoms with van der Waals surface area (Å²) in [6.45, 7) is 7.61. The van der Waals surface area contributed by atoms with Gasteiger partial charge in [-0.3, -0.25) is 9.59 Å². The minimum Gasteiger partial charge on any atom is -0.489 e. The average Bonchev–Trinajstić information content (AvgIpc) is 2.98. The number of rotatable bonds is 6. The lowest BCUT2D eigenvalue weighted by Crippen LogP contribution is -2.33. The Hall–Kier alpha value is -3.93. The van der Waals surface area contributed by atoms with Gasteiger partial charge in [0.1, 0.15) is 17.3 Å². The molecule has 0 atom stereocenters. The molecule has 1 aliphatic rings. The molecule has 3 aromatic carbocycles. The lowest BCUT2D eigenvalue weighted by Gasteiger charge is -2.20. The number of carbonyl (C=O) groups excluding carboxylic acids is 2. The molecule has 3 aromatic rings. The van der Waals surface area contributed by atoms with Crippen molar-refractivity contribution in [1.82, 2.24) is 0 Å². The quantitative estimate of drug-likeness (QED) is 0.501. The molecule has 0 radical (unpaired) electrons. The number of hydrogen-bond donors (Lipinski definition) is 1. The molecule has 0 saturated carbocycles. The van der Waals surface area contributed by atoms with E-state index in [4.69, 9.17) is 4.74 Å². The summed E-state index contributed by atoms with van der Waals surface area (Å²) >= 11 is 0. The molecule has 5 nitrogen and oxygen atoms in total. The van der Waals surface area contributed by atoms with Gasteiger partial charge in [0, 0.05) is 5.69 Å². The van der Waals surface area contributed by atoms with Gasteiger partial charge in [0.05, 0.1) is 17.4 Å². The SMILES string of the molecule is Cc1ccc(C2=C(Nc3cccc(F)c3)C(=O)N(c3ccccc3OC(C)C)C2=O)c(C)c1. The third-order valence-corrected chi connectivity index (χ3v) is 5.30. The topological polar surface area (TPSA) is 58.6 Å². The van der Waals surface area contributed by atoms with Crippen LogP contribution in [0.15, 0.2) is 72.4 Å². The van der Waals surface area contributed by atoms with Crippen LogP contribution in [-0.2, 0) is 9.59 Å². The molecule has 0 bridgehead atoms. The first-order valence-electron chi connectivity index (χ1n) is 10.7. The van der Waals surface area contributed by atoms with Crippen molar-refractivity contribution in [2.75, 3.05) is 10.2 Å². The van der Waals surface area contributed by atoms with Gasteiger partial charge in [0.15, 0.2) is 0 Å². The van der Waals surface area contributed by atoms with Gasteiger partial charge < -0.3 is 10.1 Å². The third-order valence-electron chi connectivity index (χ3n) is 5.30. The third kappa shape index (κ3) is 4.37. The highest BCUT2D eigenvalue weighted by Gasteiger charge is 2.42. The fourth-order valence-electron chi connectivity index (χ4n) is 3.91. The molecule has 6 heteroatoms. The van der Waals surface area contributed by atoms with Gasteiger partial charge >= 0.3 is 0 Å². The number of nitrogens with one attached hydrogen (secondary N) is 1. The maximum atomic E-state index is 13.8. The predicted molar refractivity (Wildman–Crippen MR) is 128 cm³/mol. The van der Waals surface area contributed by atoms with Crippen LogP contribution >= 0.6 is 0 Å². The summed E-state index contributed by atoms with van der Waals surface area (Å²) in [6.07, 6.45) is -0.143. The van der Waals surface area contributed by atoms with Crippen molar-refractivity contribution in [1.29, 1.82) is 0 Å². The van der Waals surface area contributed by atoms with Crippen molar-refractivity contribution in [2.45, 2.75) is 33.8 Å². The highest BCUT2D eigenvalue weighted by molar-refractivity contribution is 6.46. The van der Waals surface area contributed by atoms with E-state index in [2.05, 4.69) is 5.32 Å². The minimum absolute atomic E-state index is 0.0944. The summed E-state index contributed by atoms with van der Waals surface area (Å²) in [5.74, 6) is -1.01. The van der Waals surface area contributed by atoms with Crippen molar-refractivity contribution >= 4 is 28.8 Å². The first kappa shape index (κ1) is 22.3. The second-order valence-corrected chi connectivity index (χ2v) is 8.28. The second-order valence-electron chi connectivity index (χ2n) is 8.28. The minimum atomic E-state index is -0.529. The number of para-hydroxylation sites is 2. The largest absolute Gasteiger partial charge is 0.489 e. The Kier molecular flexibility index (Phi) is 6.01. The highest BCUT2D eigenvalue weighted by atomic mass is 19.1. The van der Waals surface area contributed by atoms with E-state index in [1.807, 2.05) is 45.9 Å². The molecule has 1 heterocycles. The molecule has 168 valence electrons. The number of nitrogens with zero attached hydrogens (tertiary/aromatic N) is 1. The van der Waals surface area contributed by atoms with E-state index in [-0.39, 0.29) is 17.4 Å². The average molecular weight is 445 g/mol. The van der Waals surface area contributed by atoms with Crippen LogP contribution in [0.1, 0.15) is 30.5 Å². The van der Waals surface area contributed by atoms with Crippen LogP contribution in [0.2, 0.25) is 0 Å². The summed E-state index contributed by atoms with van der Waals surface area (Å²) in [6, 6.07) is 18.4. The zero-order chi connectivity index (χ0) is 23.7. The highest BCUT2D eigenvalue weighted by Crippen LogP contribution is 2.39. The van der Waals surface area contributed by atoms with Gasteiger partial charge in [-0.25, -0.2) is 9.29 Å². The molecular weight excluding hydrogens is 419 g/mol. The van der Waals surface area contributed by atoms with Crippen LogP contribution < -0.4 is 15.0 Å². The Morgan fingerprint density at radius 3 is 2.36 bits per heavy atom. The molecule has 0 aromatic heterocycles. The molecule has 0 spiro atoms. The Bertz CT molecular complexity index is 1280. The van der Waals surface area contributed by atoms with Crippen LogP contribution in [-0.4, -0.2) is 17.9 Å². The van der Waals surface area contributed by atoms with E-state index in [1.165, 1.54) is 12.1 Å². The molecule has 4 rings (SSSR count). The molecule has 0 unspecified atom stereocenters. The van der Waals surface area contributed by atoms with E-state index in [0.717, 1.165) is 16.0 Å². The van der Waals surface area contributed by atoms with Crippen LogP contribution in [0.4, 0.5) is 15.8 Å². The number of anilines is 2. The van der Waals surface area contributed by atoms with Gasteiger partial charge in [-0.1, -0.05) is 42.0 Å². The van der Waals surface area contributed by atoms with Crippen LogP contribution in [0.25, 0.3) is 5.57 Å². The van der Waals surface area contributed by atoms with Crippen molar-refractivity contribution in [3.05, 3.63) is 94.9 Å². The maximum absolute atomic E-state index is 13.8. The lowest BCUT2D eigenvalue weighted by molar-refractivity contribution is -0.120. The summed E-state index contributed by atoms with van der Waals surface area (Å²) in [5.41, 5.74) is 3.61. The fourth-order valence-corrected chi connectivity index (χ4v) is 3.91. The van der Waals surface area contributed by atoms with Crippen molar-refractivity contribution < 1.29 is 18.7 Å². The molecule has 33 heavy (non-hydrogen) atoms. The summed E-state index contributed by atoms with van der Waals surface area (Å²) in [4.78, 5) is 28.5. The molecular formula is C27H25FN2O3. The van der Waals surface area contributed by atoms with Crippen LogP contribution in [0, 0.1) is 19.7 Å². The molecule has 0 fully saturated rings. The van der Waals surface area contributed by atoms with E-state index < -0.39 is 17.6 Å². The van der Waals surface area contributed by atoms with Gasteiger partial charge in [-0.05, 0) is 69.2 Å². The van der Waals surface area contributed by atoms with Gasteiger partial charge in [0.25, 0.3) is 11.8 Å². The van der Waals surface area contributed by atoms with E-state index in [0.29, 0.717) is 22.7 Å². The number of hydrogen-bond acceptors (Lipinski definition) is 4. The number of benzene rings is 3. The summed E-state index contributed by atoms with van der Waals surface area (Å²) in [7, 11) is 0. The van der Waals surface area contributed by atoms with Crippen molar-refractivity contribution in [3.8, 4) is 5.75 Å². The maximum Gasteiger partial charge on any atom is 0.282 e. The number of halogens is 1. The molecule has 1 N–H and O–H groups in total. The number of aryl methyl sites for hydroxylation is 2. The Balaban J connectivity index is 1.86. The van der Waals surface area contributed by atoms with Gasteiger partial charge in [-0.2, -0.15) is 0 Å². The van der Waals surface area contributed by atoms with Gasteiger partial charge in [-0.15, -0.1) is 0 Å². The summed E-state index contributed by atoms with van der Waals surface area (Å²) < 4.78 is 19.7. The monoisotopic (exact) mass is 444 g/mol. The molecule has 2 amide bonds. The van der Waals surface area contributed by atoms with Gasteiger partial charge in [0.2, 0.25) is 0 Å². The smallest absolute Gasteiger partial charge is 0.282 e. The van der Waals surface area contributed by atoms with Crippen LogP contribution in [0.5, 0.6) is 5.75 Å². The predicted octanol–water partition coefficient (Wildman–Crippen LogP) is 5.63. The number of ether oxygens (including phenoxy) is 1. The Morgan fingerprint density at radius 2 is 1.67 bits per heavy atom. The Morgan fingerprint density at radius 1 is 0.909 bits per heavy atom. The normalized spacial score (nSPS) is 13.8. The molecule has 1 aliphatic heterocycles. The fraction of sp³-hybridized carbons (Fsp3) is 0.185. The Labute approximate surface area is 192 Å². The second kappa shape index (κ2) is 8.90. The molecule has 0 saturated heterocycles. The van der Waals surface area contributed by atoms with E-state index in [9.17, 15) is 14.0 Å².